The van der Waals surface area contributed by atoms with Gasteiger partial charge in [-0.1, -0.05) is 0 Å². The molecule has 6 heteroatoms. The molecule has 1 aliphatic carbocycles. The average Bonchev–Trinajstić information content (AvgIpc) is 3.33. The lowest BCUT2D eigenvalue weighted by atomic mass is 10.1. The Kier molecular flexibility index (Phi) is 3.88. The van der Waals surface area contributed by atoms with Crippen LogP contribution >= 0.6 is 15.9 Å². The minimum Gasteiger partial charge on any atom is -0.507 e. The van der Waals surface area contributed by atoms with E-state index in [9.17, 15) is 9.90 Å². The summed E-state index contributed by atoms with van der Waals surface area (Å²) in [7, 11) is 0. The van der Waals surface area contributed by atoms with Crippen molar-refractivity contribution >= 4 is 21.8 Å². The number of hydrogen-bond donors (Lipinski definition) is 2. The van der Waals surface area contributed by atoms with Gasteiger partial charge in [0.1, 0.15) is 5.75 Å². The van der Waals surface area contributed by atoms with Gasteiger partial charge in [-0.3, -0.25) is 4.79 Å². The Hall–Kier alpha value is -1.95. The molecular weight excluding hydrogens is 334 g/mol. The molecule has 2 N–H and O–H groups in total. The first-order chi connectivity index (χ1) is 10.1. The molecule has 21 heavy (non-hydrogen) atoms. The fraction of sp³-hybridized carbons (Fsp3) is 0.267. The SMILES string of the molecule is O=C(NC(c1ncccn1)C1CC1)c1ccc(Br)c(O)c1. The van der Waals surface area contributed by atoms with Gasteiger partial charge in [-0.25, -0.2) is 9.97 Å². The number of aromatic nitrogens is 2. The summed E-state index contributed by atoms with van der Waals surface area (Å²) in [5.41, 5.74) is 0.414. The van der Waals surface area contributed by atoms with Gasteiger partial charge < -0.3 is 10.4 Å². The molecule has 1 atom stereocenters. The average molecular weight is 348 g/mol. The molecule has 1 unspecified atom stereocenters. The summed E-state index contributed by atoms with van der Waals surface area (Å²) in [4.78, 5) is 20.8. The second-order valence-corrected chi connectivity index (χ2v) is 5.92. The van der Waals surface area contributed by atoms with Crippen LogP contribution in [0.25, 0.3) is 0 Å². The van der Waals surface area contributed by atoms with Crippen molar-refractivity contribution in [2.24, 2.45) is 5.92 Å². The zero-order valence-corrected chi connectivity index (χ0v) is 12.7. The second-order valence-electron chi connectivity index (χ2n) is 5.06. The molecule has 1 saturated carbocycles. The van der Waals surface area contributed by atoms with E-state index in [1.54, 1.807) is 30.6 Å². The van der Waals surface area contributed by atoms with Crippen LogP contribution in [0.3, 0.4) is 0 Å². The molecule has 0 spiro atoms. The zero-order chi connectivity index (χ0) is 14.8. The van der Waals surface area contributed by atoms with E-state index in [1.807, 2.05) is 0 Å². The van der Waals surface area contributed by atoms with E-state index in [0.717, 1.165) is 12.8 Å². The topological polar surface area (TPSA) is 75.1 Å². The van der Waals surface area contributed by atoms with E-state index in [-0.39, 0.29) is 17.7 Å². The Balaban J connectivity index is 1.79. The summed E-state index contributed by atoms with van der Waals surface area (Å²) < 4.78 is 0.559. The molecule has 0 aliphatic heterocycles. The van der Waals surface area contributed by atoms with Gasteiger partial charge in [-0.15, -0.1) is 0 Å². The first-order valence-corrected chi connectivity index (χ1v) is 7.51. The molecule has 0 saturated heterocycles. The van der Waals surface area contributed by atoms with Gasteiger partial charge in [-0.05, 0) is 59.0 Å². The number of nitrogens with zero attached hydrogens (tertiary/aromatic N) is 2. The third-order valence-corrected chi connectivity index (χ3v) is 4.12. The standard InChI is InChI=1S/C15H14BrN3O2/c16-11-5-4-10(8-12(11)20)15(21)19-13(9-2-3-9)14-17-6-1-7-18-14/h1,4-9,13,20H,2-3H2,(H,19,21). The highest BCUT2D eigenvalue weighted by atomic mass is 79.9. The number of phenols is 1. The van der Waals surface area contributed by atoms with Crippen LogP contribution in [0.5, 0.6) is 5.75 Å². The van der Waals surface area contributed by atoms with E-state index in [4.69, 9.17) is 0 Å². The van der Waals surface area contributed by atoms with Gasteiger partial charge in [0.25, 0.3) is 5.91 Å². The first kappa shape index (κ1) is 14.0. The molecule has 1 aromatic carbocycles. The van der Waals surface area contributed by atoms with Gasteiger partial charge >= 0.3 is 0 Å². The van der Waals surface area contributed by atoms with Crippen molar-refractivity contribution < 1.29 is 9.90 Å². The van der Waals surface area contributed by atoms with Crippen molar-refractivity contribution in [1.82, 2.24) is 15.3 Å². The van der Waals surface area contributed by atoms with Crippen molar-refractivity contribution in [3.8, 4) is 5.75 Å². The van der Waals surface area contributed by atoms with Crippen LogP contribution < -0.4 is 5.32 Å². The number of hydrogen-bond acceptors (Lipinski definition) is 4. The highest BCUT2D eigenvalue weighted by Crippen LogP contribution is 2.40. The minimum absolute atomic E-state index is 0.0431. The molecule has 1 heterocycles. The minimum atomic E-state index is -0.234. The van der Waals surface area contributed by atoms with Crippen molar-refractivity contribution in [2.45, 2.75) is 18.9 Å². The smallest absolute Gasteiger partial charge is 0.252 e. The summed E-state index contributed by atoms with van der Waals surface area (Å²) in [6, 6.07) is 6.33. The molecule has 1 amide bonds. The lowest BCUT2D eigenvalue weighted by molar-refractivity contribution is 0.0929. The fourth-order valence-corrected chi connectivity index (χ4v) is 2.42. The largest absolute Gasteiger partial charge is 0.507 e. The maximum Gasteiger partial charge on any atom is 0.252 e. The molecule has 108 valence electrons. The molecule has 3 rings (SSSR count). The number of nitrogens with one attached hydrogen (secondary N) is 1. The van der Waals surface area contributed by atoms with Crippen LogP contribution in [0, 0.1) is 5.92 Å². The predicted molar refractivity (Wildman–Crippen MR) is 80.8 cm³/mol. The number of rotatable bonds is 4. The van der Waals surface area contributed by atoms with Gasteiger partial charge in [-0.2, -0.15) is 0 Å². The molecule has 1 aromatic heterocycles. The molecule has 0 radical (unpaired) electrons. The third-order valence-electron chi connectivity index (χ3n) is 3.45. The van der Waals surface area contributed by atoms with Gasteiger partial charge in [0, 0.05) is 18.0 Å². The van der Waals surface area contributed by atoms with Crippen LogP contribution in [0.2, 0.25) is 0 Å². The lowest BCUT2D eigenvalue weighted by Crippen LogP contribution is -2.31. The zero-order valence-electron chi connectivity index (χ0n) is 11.2. The van der Waals surface area contributed by atoms with Crippen molar-refractivity contribution in [3.63, 3.8) is 0 Å². The number of halogens is 1. The summed E-state index contributed by atoms with van der Waals surface area (Å²) in [5.74, 6) is 0.832. The molecule has 0 bridgehead atoms. The summed E-state index contributed by atoms with van der Waals surface area (Å²) in [6.45, 7) is 0. The first-order valence-electron chi connectivity index (χ1n) is 6.71. The van der Waals surface area contributed by atoms with Gasteiger partial charge in [0.15, 0.2) is 5.82 Å². The Morgan fingerprint density at radius 3 is 2.67 bits per heavy atom. The van der Waals surface area contributed by atoms with Crippen LogP contribution in [-0.4, -0.2) is 21.0 Å². The van der Waals surface area contributed by atoms with Crippen LogP contribution in [0.4, 0.5) is 0 Å². The summed E-state index contributed by atoms with van der Waals surface area (Å²) in [6.07, 6.45) is 5.48. The van der Waals surface area contributed by atoms with E-state index in [0.29, 0.717) is 21.8 Å². The maximum atomic E-state index is 12.3. The van der Waals surface area contributed by atoms with Crippen molar-refractivity contribution in [3.05, 3.63) is 52.5 Å². The van der Waals surface area contributed by atoms with E-state index in [2.05, 4.69) is 31.2 Å². The maximum absolute atomic E-state index is 12.3. The second kappa shape index (κ2) is 5.81. The predicted octanol–water partition coefficient (Wildman–Crippen LogP) is 2.83. The molecule has 2 aromatic rings. The van der Waals surface area contributed by atoms with Gasteiger partial charge in [0.05, 0.1) is 10.5 Å². The third kappa shape index (κ3) is 3.21. The normalized spacial score (nSPS) is 15.5. The Morgan fingerprint density at radius 1 is 1.33 bits per heavy atom. The number of benzene rings is 1. The lowest BCUT2D eigenvalue weighted by Gasteiger charge is -2.16. The quantitative estimate of drug-likeness (QED) is 0.891. The Morgan fingerprint density at radius 2 is 2.05 bits per heavy atom. The van der Waals surface area contributed by atoms with E-state index >= 15 is 0 Å². The fourth-order valence-electron chi connectivity index (χ4n) is 2.17. The van der Waals surface area contributed by atoms with Crippen molar-refractivity contribution in [2.75, 3.05) is 0 Å². The van der Waals surface area contributed by atoms with Crippen LogP contribution in [0.15, 0.2) is 41.1 Å². The van der Waals surface area contributed by atoms with E-state index in [1.165, 1.54) is 6.07 Å². The number of carbonyl (C=O) groups is 1. The highest BCUT2D eigenvalue weighted by Gasteiger charge is 2.35. The molecule has 5 nitrogen and oxygen atoms in total. The Bertz CT molecular complexity index is 659. The summed E-state index contributed by atoms with van der Waals surface area (Å²) in [5, 5.41) is 12.6. The van der Waals surface area contributed by atoms with Crippen LogP contribution in [0.1, 0.15) is 35.1 Å². The molecule has 1 aliphatic rings. The molecular formula is C15H14BrN3O2. The van der Waals surface area contributed by atoms with Gasteiger partial charge in [0.2, 0.25) is 0 Å². The van der Waals surface area contributed by atoms with Crippen LogP contribution in [-0.2, 0) is 0 Å². The Labute approximate surface area is 130 Å². The summed E-state index contributed by atoms with van der Waals surface area (Å²) >= 11 is 3.20. The van der Waals surface area contributed by atoms with Crippen molar-refractivity contribution in [1.29, 1.82) is 0 Å². The van der Waals surface area contributed by atoms with E-state index < -0.39 is 0 Å². The number of carbonyl (C=O) groups excluding carboxylic acids is 1. The monoisotopic (exact) mass is 347 g/mol. The number of amides is 1. The number of aromatic hydroxyl groups is 1. The molecule has 1 fully saturated rings. The highest BCUT2D eigenvalue weighted by molar-refractivity contribution is 9.10. The number of phenolic OH excluding ortho intramolecular Hbond substituents is 1.